The number of hydrogen-bond acceptors (Lipinski definition) is 10. The summed E-state index contributed by atoms with van der Waals surface area (Å²) in [5.41, 5.74) is -3.16. The first kappa shape index (κ1) is 35.4. The van der Waals surface area contributed by atoms with Gasteiger partial charge >= 0.3 is 18.0 Å². The van der Waals surface area contributed by atoms with E-state index < -0.39 is 59.2 Å². The van der Waals surface area contributed by atoms with Gasteiger partial charge in [0.2, 0.25) is 5.89 Å². The van der Waals surface area contributed by atoms with Crippen LogP contribution in [0.3, 0.4) is 0 Å². The van der Waals surface area contributed by atoms with E-state index in [9.17, 15) is 33.1 Å². The Bertz CT molecular complexity index is 1700. The van der Waals surface area contributed by atoms with Crippen molar-refractivity contribution < 1.29 is 47.0 Å². The molecule has 3 heterocycles. The smallest absolute Gasteiger partial charge is 0.416 e. The van der Waals surface area contributed by atoms with Crippen molar-refractivity contribution >= 4 is 35.4 Å². The number of aliphatic carboxylic acids is 1. The number of ether oxygens (including phenoxy) is 2. The highest BCUT2D eigenvalue weighted by atomic mass is 19.3. The molecule has 2 aliphatic rings. The summed E-state index contributed by atoms with van der Waals surface area (Å²) >= 11 is 0. The van der Waals surface area contributed by atoms with Crippen molar-refractivity contribution in [1.82, 2.24) is 19.7 Å². The summed E-state index contributed by atoms with van der Waals surface area (Å²) in [5, 5.41) is 16.3. The van der Waals surface area contributed by atoms with E-state index in [-0.39, 0.29) is 43.0 Å². The minimum absolute atomic E-state index is 0.0363. The normalized spacial score (nSPS) is 19.5. The minimum atomic E-state index is -3.04. The number of oxazole rings is 1. The maximum absolute atomic E-state index is 14.0. The number of pyridine rings is 1. The highest BCUT2D eigenvalue weighted by molar-refractivity contribution is 6.03. The molecule has 5 rings (SSSR count). The first-order valence-electron chi connectivity index (χ1n) is 16.1. The SMILES string of the molecule is CC(C)OC(=O)C1(C(=O)O)CCC(n2cc(NC(=O)c3coc(-c4ccnc(N(CC5CC5)C(=O)OC(C)(C)C)c4)n3)c(C(F)F)n2)CC1. The predicted molar refractivity (Wildman–Crippen MR) is 170 cm³/mol. The summed E-state index contributed by atoms with van der Waals surface area (Å²) in [6.07, 6.45) is 1.88. The van der Waals surface area contributed by atoms with E-state index >= 15 is 0 Å². The number of esters is 1. The number of aromatic nitrogens is 4. The number of alkyl halides is 2. The number of hydrogen-bond donors (Lipinski definition) is 2. The second-order valence-electron chi connectivity index (χ2n) is 13.7. The summed E-state index contributed by atoms with van der Waals surface area (Å²) < 4.78 is 45.7. The summed E-state index contributed by atoms with van der Waals surface area (Å²) in [5.74, 6) is -2.27. The van der Waals surface area contributed by atoms with Gasteiger partial charge in [0.05, 0.1) is 17.8 Å². The van der Waals surface area contributed by atoms with Crippen LogP contribution < -0.4 is 10.2 Å². The Balaban J connectivity index is 1.30. The van der Waals surface area contributed by atoms with E-state index in [1.165, 1.54) is 22.0 Å². The number of nitrogens with one attached hydrogen (secondary N) is 1. The van der Waals surface area contributed by atoms with E-state index in [0.717, 1.165) is 19.1 Å². The van der Waals surface area contributed by atoms with E-state index in [1.54, 1.807) is 46.8 Å². The molecule has 2 aliphatic carbocycles. The molecule has 49 heavy (non-hydrogen) atoms. The number of amides is 2. The van der Waals surface area contributed by atoms with Crippen molar-refractivity contribution in [3.63, 3.8) is 0 Å². The molecular weight excluding hydrogens is 646 g/mol. The van der Waals surface area contributed by atoms with Gasteiger partial charge in [-0.1, -0.05) is 0 Å². The first-order chi connectivity index (χ1) is 23.1. The van der Waals surface area contributed by atoms with Crippen molar-refractivity contribution in [3.05, 3.63) is 42.2 Å². The van der Waals surface area contributed by atoms with Crippen LogP contribution in [0, 0.1) is 11.3 Å². The van der Waals surface area contributed by atoms with Crippen molar-refractivity contribution in [2.75, 3.05) is 16.8 Å². The fourth-order valence-corrected chi connectivity index (χ4v) is 5.58. The van der Waals surface area contributed by atoms with Crippen molar-refractivity contribution in [2.24, 2.45) is 11.3 Å². The Hall–Kier alpha value is -4.89. The topological polar surface area (TPSA) is 179 Å². The zero-order valence-corrected chi connectivity index (χ0v) is 27.9. The van der Waals surface area contributed by atoms with Gasteiger partial charge in [0.15, 0.2) is 16.8 Å². The van der Waals surface area contributed by atoms with Crippen molar-refractivity contribution in [3.8, 4) is 11.5 Å². The summed E-state index contributed by atoms with van der Waals surface area (Å²) in [7, 11) is 0. The van der Waals surface area contributed by atoms with E-state index in [0.29, 0.717) is 23.8 Å². The highest BCUT2D eigenvalue weighted by Gasteiger charge is 2.50. The van der Waals surface area contributed by atoms with E-state index in [2.05, 4.69) is 20.4 Å². The lowest BCUT2D eigenvalue weighted by Crippen LogP contribution is -2.44. The Morgan fingerprint density at radius 2 is 1.86 bits per heavy atom. The second-order valence-corrected chi connectivity index (χ2v) is 13.7. The number of nitrogens with zero attached hydrogens (tertiary/aromatic N) is 5. The van der Waals surface area contributed by atoms with Crippen LogP contribution in [-0.2, 0) is 19.1 Å². The molecule has 0 radical (unpaired) electrons. The maximum Gasteiger partial charge on any atom is 0.416 e. The van der Waals surface area contributed by atoms with E-state index in [1.807, 2.05) is 0 Å². The molecule has 0 atom stereocenters. The van der Waals surface area contributed by atoms with Crippen molar-refractivity contribution in [1.29, 1.82) is 0 Å². The summed E-state index contributed by atoms with van der Waals surface area (Å²) in [6, 6.07) is 2.68. The first-order valence-corrected chi connectivity index (χ1v) is 16.1. The molecule has 0 bridgehead atoms. The van der Waals surface area contributed by atoms with Crippen LogP contribution in [0.25, 0.3) is 11.5 Å². The standard InChI is InChI=1S/C33H40F2N6O8/c1-18(2)48-30(45)33(29(43)44)11-8-21(9-12-33)41-16-22(25(39-41)26(34)35)37-27(42)23-17-47-28(38-23)20-10-13-36-24(14-20)40(15-19-6-7-19)31(46)49-32(3,4)5/h10,13-14,16-19,21,26H,6-9,11-12,15H2,1-5H3,(H,37,42)(H,43,44). The third-order valence-electron chi connectivity index (χ3n) is 8.30. The molecule has 0 saturated heterocycles. The lowest BCUT2D eigenvalue weighted by atomic mass is 9.72. The van der Waals surface area contributed by atoms with Crippen LogP contribution in [0.2, 0.25) is 0 Å². The average Bonchev–Trinajstić information content (AvgIpc) is 3.53. The van der Waals surface area contributed by atoms with Gasteiger partial charge in [-0.25, -0.2) is 23.5 Å². The highest BCUT2D eigenvalue weighted by Crippen LogP contribution is 2.43. The quantitative estimate of drug-likeness (QED) is 0.168. The van der Waals surface area contributed by atoms with Crippen LogP contribution in [0.4, 0.5) is 25.1 Å². The lowest BCUT2D eigenvalue weighted by Gasteiger charge is -2.35. The number of halogens is 2. The molecule has 2 amide bonds. The molecule has 0 aromatic carbocycles. The minimum Gasteiger partial charge on any atom is -0.480 e. The molecular formula is C33H40F2N6O8. The molecule has 0 spiro atoms. The van der Waals surface area contributed by atoms with Gasteiger partial charge in [-0.3, -0.25) is 24.0 Å². The molecule has 16 heteroatoms. The molecule has 0 aliphatic heterocycles. The molecule has 2 fully saturated rings. The van der Waals surface area contributed by atoms with Crippen LogP contribution in [0.1, 0.15) is 102 Å². The molecule has 264 valence electrons. The fourth-order valence-electron chi connectivity index (χ4n) is 5.58. The largest absolute Gasteiger partial charge is 0.480 e. The summed E-state index contributed by atoms with van der Waals surface area (Å²) in [6.45, 7) is 8.99. The molecule has 2 N–H and O–H groups in total. The number of anilines is 2. The van der Waals surface area contributed by atoms with Crippen LogP contribution in [0.5, 0.6) is 0 Å². The van der Waals surface area contributed by atoms with Gasteiger partial charge in [-0.05, 0) is 91.2 Å². The van der Waals surface area contributed by atoms with Gasteiger partial charge in [0, 0.05) is 24.5 Å². The molecule has 14 nitrogen and oxygen atoms in total. The monoisotopic (exact) mass is 686 g/mol. The third kappa shape index (κ3) is 8.23. The number of carbonyl (C=O) groups excluding carboxylic acids is 3. The Morgan fingerprint density at radius 3 is 2.45 bits per heavy atom. The summed E-state index contributed by atoms with van der Waals surface area (Å²) in [4.78, 5) is 60.9. The number of carboxylic acids is 1. The number of carboxylic acid groups (broad SMARTS) is 1. The fraction of sp³-hybridized carbons (Fsp3) is 0.545. The molecule has 3 aromatic heterocycles. The maximum atomic E-state index is 14.0. The van der Waals surface area contributed by atoms with Crippen LogP contribution in [-0.4, -0.2) is 67.0 Å². The van der Waals surface area contributed by atoms with Gasteiger partial charge in [0.25, 0.3) is 12.3 Å². The van der Waals surface area contributed by atoms with Gasteiger partial charge in [-0.2, -0.15) is 5.10 Å². The van der Waals surface area contributed by atoms with Crippen molar-refractivity contribution in [2.45, 2.75) is 97.3 Å². The molecule has 3 aromatic rings. The Kier molecular flexibility index (Phi) is 10.1. The molecule has 0 unspecified atom stereocenters. The average molecular weight is 687 g/mol. The van der Waals surface area contributed by atoms with Crippen LogP contribution >= 0.6 is 0 Å². The Morgan fingerprint density at radius 1 is 1.16 bits per heavy atom. The lowest BCUT2D eigenvalue weighted by molar-refractivity contribution is -0.174. The second kappa shape index (κ2) is 13.9. The zero-order valence-electron chi connectivity index (χ0n) is 27.9. The Labute approximate surface area is 281 Å². The predicted octanol–water partition coefficient (Wildman–Crippen LogP) is 6.41. The van der Waals surface area contributed by atoms with Gasteiger partial charge in [0.1, 0.15) is 17.7 Å². The zero-order chi connectivity index (χ0) is 35.7. The number of carbonyl (C=O) groups is 4. The van der Waals surface area contributed by atoms with E-state index in [4.69, 9.17) is 13.9 Å². The third-order valence-corrected chi connectivity index (χ3v) is 8.30. The number of rotatable bonds is 11. The molecule has 2 saturated carbocycles. The van der Waals surface area contributed by atoms with Gasteiger partial charge < -0.3 is 24.3 Å². The van der Waals surface area contributed by atoms with Gasteiger partial charge in [-0.15, -0.1) is 0 Å². The van der Waals surface area contributed by atoms with Crippen LogP contribution in [0.15, 0.2) is 35.2 Å².